The summed E-state index contributed by atoms with van der Waals surface area (Å²) >= 11 is 17.1. The Balaban J connectivity index is 2.48. The summed E-state index contributed by atoms with van der Waals surface area (Å²) in [5, 5.41) is 2.06. The minimum Gasteiger partial charge on any atom is -0.443 e. The Morgan fingerprint density at radius 3 is 2.41 bits per heavy atom. The van der Waals surface area contributed by atoms with Crippen molar-refractivity contribution in [3.8, 4) is 0 Å². The third kappa shape index (κ3) is 5.02. The van der Waals surface area contributed by atoms with Crippen molar-refractivity contribution in [2.45, 2.75) is 11.5 Å². The van der Waals surface area contributed by atoms with Gasteiger partial charge in [0.15, 0.2) is 0 Å². The Hall–Kier alpha value is -0.640. The number of anilines is 1. The van der Waals surface area contributed by atoms with Crippen molar-refractivity contribution in [1.82, 2.24) is 0 Å². The second kappa shape index (κ2) is 7.64. The Labute approximate surface area is 115 Å². The fourth-order valence-electron chi connectivity index (χ4n) is 1.11. The van der Waals surface area contributed by atoms with E-state index in [4.69, 9.17) is 39.5 Å². The molecule has 2 atom stereocenters. The smallest absolute Gasteiger partial charge is 0.411 e. The van der Waals surface area contributed by atoms with Gasteiger partial charge in [0, 0.05) is 11.6 Å². The van der Waals surface area contributed by atoms with Gasteiger partial charge >= 0.3 is 6.09 Å². The van der Waals surface area contributed by atoms with E-state index in [2.05, 4.69) is 5.32 Å². The first-order valence-electron chi connectivity index (χ1n) is 4.96. The lowest BCUT2D eigenvalue weighted by atomic mass is 10.3. The highest BCUT2D eigenvalue weighted by molar-refractivity contribution is 6.29. The lowest BCUT2D eigenvalue weighted by Gasteiger charge is -2.18. The molecule has 0 heterocycles. The summed E-state index contributed by atoms with van der Waals surface area (Å²) in [7, 11) is 0. The molecule has 94 valence electrons. The maximum absolute atomic E-state index is 11.5. The van der Waals surface area contributed by atoms with Crippen LogP contribution in [0.5, 0.6) is 0 Å². The van der Waals surface area contributed by atoms with Crippen molar-refractivity contribution >= 4 is 46.6 Å². The molecule has 1 rings (SSSR count). The molecule has 0 radical (unpaired) electrons. The molecule has 0 unspecified atom stereocenters. The van der Waals surface area contributed by atoms with Gasteiger partial charge in [-0.3, -0.25) is 5.32 Å². The number of carbonyl (C=O) groups is 1. The number of hydrogen-bond acceptors (Lipinski definition) is 2. The third-order valence-electron chi connectivity index (χ3n) is 1.98. The van der Waals surface area contributed by atoms with Crippen molar-refractivity contribution in [3.63, 3.8) is 0 Å². The van der Waals surface area contributed by atoms with Crippen molar-refractivity contribution in [2.24, 2.45) is 0 Å². The molecule has 1 aromatic rings. The SMILES string of the molecule is O=C(Nc1ccccc1)O[C@H](CCl)[C@H](Cl)CCl. The zero-order chi connectivity index (χ0) is 12.7. The Morgan fingerprint density at radius 2 is 1.88 bits per heavy atom. The number of amides is 1. The van der Waals surface area contributed by atoms with Crippen LogP contribution in [-0.2, 0) is 4.74 Å². The minimum atomic E-state index is -0.612. The maximum atomic E-state index is 11.5. The highest BCUT2D eigenvalue weighted by Gasteiger charge is 2.21. The van der Waals surface area contributed by atoms with Crippen LogP contribution in [0.15, 0.2) is 30.3 Å². The molecule has 3 nitrogen and oxygen atoms in total. The highest BCUT2D eigenvalue weighted by Crippen LogP contribution is 2.13. The van der Waals surface area contributed by atoms with Gasteiger partial charge in [-0.25, -0.2) is 4.79 Å². The molecule has 0 aliphatic carbocycles. The molecule has 0 aromatic heterocycles. The van der Waals surface area contributed by atoms with E-state index in [1.54, 1.807) is 24.3 Å². The topological polar surface area (TPSA) is 38.3 Å². The monoisotopic (exact) mass is 295 g/mol. The van der Waals surface area contributed by atoms with Gasteiger partial charge in [0.25, 0.3) is 0 Å². The maximum Gasteiger partial charge on any atom is 0.411 e. The van der Waals surface area contributed by atoms with Crippen molar-refractivity contribution < 1.29 is 9.53 Å². The van der Waals surface area contributed by atoms with Gasteiger partial charge in [0.05, 0.1) is 11.3 Å². The average molecular weight is 297 g/mol. The number of halogens is 3. The van der Waals surface area contributed by atoms with Crippen LogP contribution in [0.25, 0.3) is 0 Å². The van der Waals surface area contributed by atoms with E-state index >= 15 is 0 Å². The van der Waals surface area contributed by atoms with Crippen LogP contribution in [0, 0.1) is 0 Å². The van der Waals surface area contributed by atoms with Gasteiger partial charge in [-0.1, -0.05) is 18.2 Å². The van der Waals surface area contributed by atoms with Crippen LogP contribution in [0.4, 0.5) is 10.5 Å². The molecule has 6 heteroatoms. The number of alkyl halides is 3. The predicted molar refractivity (Wildman–Crippen MR) is 71.4 cm³/mol. The molecule has 0 aliphatic heterocycles. The Kier molecular flexibility index (Phi) is 6.48. The summed E-state index contributed by atoms with van der Waals surface area (Å²) in [6.07, 6.45) is -1.21. The van der Waals surface area contributed by atoms with E-state index in [-0.39, 0.29) is 11.8 Å². The number of hydrogen-bond donors (Lipinski definition) is 1. The molecule has 0 bridgehead atoms. The second-order valence-electron chi connectivity index (χ2n) is 3.26. The van der Waals surface area contributed by atoms with Crippen LogP contribution in [0.2, 0.25) is 0 Å². The summed E-state index contributed by atoms with van der Waals surface area (Å²) in [6.45, 7) is 0. The number of carbonyl (C=O) groups excluding carboxylic acids is 1. The molecular formula is C11H12Cl3NO2. The Morgan fingerprint density at radius 1 is 1.24 bits per heavy atom. The molecule has 0 fully saturated rings. The van der Waals surface area contributed by atoms with Crippen molar-refractivity contribution in [2.75, 3.05) is 17.1 Å². The molecule has 1 N–H and O–H groups in total. The zero-order valence-corrected chi connectivity index (χ0v) is 11.2. The van der Waals surface area contributed by atoms with Gasteiger partial charge < -0.3 is 4.74 Å². The van der Waals surface area contributed by atoms with Gasteiger partial charge in [-0.05, 0) is 12.1 Å². The Bertz CT molecular complexity index is 348. The van der Waals surface area contributed by atoms with Crippen molar-refractivity contribution in [3.05, 3.63) is 30.3 Å². The van der Waals surface area contributed by atoms with Crippen LogP contribution in [-0.4, -0.2) is 29.3 Å². The molecule has 0 saturated carbocycles. The van der Waals surface area contributed by atoms with E-state index in [1.807, 2.05) is 6.07 Å². The molecule has 1 aromatic carbocycles. The standard InChI is InChI=1S/C11H12Cl3NO2/c12-6-9(14)10(7-13)17-11(16)15-8-4-2-1-3-5-8/h1-5,9-10H,6-7H2,(H,15,16)/t9-,10-/m1/s1. The van der Waals surface area contributed by atoms with E-state index in [9.17, 15) is 4.79 Å². The van der Waals surface area contributed by atoms with E-state index in [0.29, 0.717) is 5.69 Å². The summed E-state index contributed by atoms with van der Waals surface area (Å²) in [5.74, 6) is 0.265. The van der Waals surface area contributed by atoms with Gasteiger partial charge in [0.1, 0.15) is 6.10 Å². The fourth-order valence-corrected chi connectivity index (χ4v) is 1.82. The number of para-hydroxylation sites is 1. The van der Waals surface area contributed by atoms with Gasteiger partial charge in [-0.15, -0.1) is 34.8 Å². The summed E-state index contributed by atoms with van der Waals surface area (Å²) < 4.78 is 5.06. The number of rotatable bonds is 5. The third-order valence-corrected chi connectivity index (χ3v) is 3.21. The molecular weight excluding hydrogens is 284 g/mol. The predicted octanol–water partition coefficient (Wildman–Crippen LogP) is 3.69. The average Bonchev–Trinajstić information content (AvgIpc) is 2.36. The van der Waals surface area contributed by atoms with E-state index in [0.717, 1.165) is 0 Å². The van der Waals surface area contributed by atoms with Crippen LogP contribution < -0.4 is 5.32 Å². The van der Waals surface area contributed by atoms with Gasteiger partial charge in [0.2, 0.25) is 0 Å². The highest BCUT2D eigenvalue weighted by atomic mass is 35.5. The van der Waals surface area contributed by atoms with Gasteiger partial charge in [-0.2, -0.15) is 0 Å². The molecule has 0 saturated heterocycles. The van der Waals surface area contributed by atoms with Crippen LogP contribution in [0.3, 0.4) is 0 Å². The molecule has 0 spiro atoms. The summed E-state index contributed by atoms with van der Waals surface area (Å²) in [5.41, 5.74) is 0.641. The number of nitrogens with one attached hydrogen (secondary N) is 1. The number of benzene rings is 1. The normalized spacial score (nSPS) is 13.8. The quantitative estimate of drug-likeness (QED) is 0.842. The van der Waals surface area contributed by atoms with E-state index in [1.165, 1.54) is 0 Å². The second-order valence-corrected chi connectivity index (χ2v) is 4.44. The largest absolute Gasteiger partial charge is 0.443 e. The van der Waals surface area contributed by atoms with Crippen LogP contribution in [0.1, 0.15) is 0 Å². The summed E-state index contributed by atoms with van der Waals surface area (Å²) in [6, 6.07) is 8.95. The fraction of sp³-hybridized carbons (Fsp3) is 0.364. The first kappa shape index (κ1) is 14.4. The van der Waals surface area contributed by atoms with E-state index < -0.39 is 17.6 Å². The first-order valence-corrected chi connectivity index (χ1v) is 6.46. The lowest BCUT2D eigenvalue weighted by molar-refractivity contribution is 0.122. The molecule has 1 amide bonds. The minimum absolute atomic E-state index is 0.100. The molecule has 0 aliphatic rings. The zero-order valence-electron chi connectivity index (χ0n) is 8.91. The van der Waals surface area contributed by atoms with Crippen molar-refractivity contribution in [1.29, 1.82) is 0 Å². The first-order chi connectivity index (χ1) is 8.17. The number of ether oxygens (including phenoxy) is 1. The molecule has 17 heavy (non-hydrogen) atoms. The summed E-state index contributed by atoms with van der Waals surface area (Å²) in [4.78, 5) is 11.5. The van der Waals surface area contributed by atoms with Crippen LogP contribution >= 0.6 is 34.8 Å². The lowest BCUT2D eigenvalue weighted by Crippen LogP contribution is -2.32.